The number of hydrogen-bond acceptors (Lipinski definition) is 4. The van der Waals surface area contributed by atoms with Crippen LogP contribution in [0.25, 0.3) is 66.3 Å². The van der Waals surface area contributed by atoms with E-state index in [1.165, 1.54) is 66.9 Å². The lowest BCUT2D eigenvalue weighted by molar-refractivity contribution is 0.590. The summed E-state index contributed by atoms with van der Waals surface area (Å²) < 4.78 is 14.7. The number of fused-ring (bicyclic) bond motifs is 19. The first-order valence-corrected chi connectivity index (χ1v) is 23.1. The van der Waals surface area contributed by atoms with E-state index in [0.29, 0.717) is 0 Å². The third kappa shape index (κ3) is 4.41. The molecule has 0 saturated heterocycles. The second-order valence-corrected chi connectivity index (χ2v) is 19.5. The maximum atomic E-state index is 7.43. The summed E-state index contributed by atoms with van der Waals surface area (Å²) >= 11 is 0. The quantitative estimate of drug-likeness (QED) is 0.162. The molecule has 5 heterocycles. The fourth-order valence-electron chi connectivity index (χ4n) is 12.5. The van der Waals surface area contributed by atoms with E-state index in [9.17, 15) is 0 Å². The Bertz CT molecular complexity index is 3860. The Morgan fingerprint density at radius 2 is 1.06 bits per heavy atom. The highest BCUT2D eigenvalue weighted by Crippen LogP contribution is 2.65. The molecule has 0 fully saturated rings. The fourth-order valence-corrected chi connectivity index (χ4v) is 12.5. The summed E-state index contributed by atoms with van der Waals surface area (Å²) in [6.45, 7) is 6.55. The molecule has 0 radical (unpaired) electrons. The van der Waals surface area contributed by atoms with Gasteiger partial charge in [0.05, 0.1) is 22.5 Å². The van der Waals surface area contributed by atoms with Gasteiger partial charge < -0.3 is 18.5 Å². The first-order chi connectivity index (χ1) is 32.4. The van der Waals surface area contributed by atoms with Gasteiger partial charge in [-0.05, 0) is 103 Å². The van der Waals surface area contributed by atoms with Gasteiger partial charge in [-0.1, -0.05) is 172 Å². The highest BCUT2D eigenvalue weighted by molar-refractivity contribution is 6.93. The number of benzene rings is 9. The number of hydrogen-bond donors (Lipinski definition) is 0. The molecule has 4 nitrogen and oxygen atoms in total. The van der Waals surface area contributed by atoms with Gasteiger partial charge in [0, 0.05) is 38.7 Å². The maximum Gasteiger partial charge on any atom is 0.376 e. The van der Waals surface area contributed by atoms with Crippen LogP contribution >= 0.6 is 0 Å². The number of para-hydroxylation sites is 4. The van der Waals surface area contributed by atoms with E-state index in [2.05, 4.69) is 225 Å². The topological polar surface area (TPSA) is 32.8 Å². The Balaban J connectivity index is 1.14. The molecule has 0 amide bonds. The van der Waals surface area contributed by atoms with Gasteiger partial charge in [-0.15, -0.1) is 0 Å². The molecule has 3 aliphatic heterocycles. The van der Waals surface area contributed by atoms with Crippen LogP contribution in [0.3, 0.4) is 0 Å². The lowest BCUT2D eigenvalue weighted by atomic mass is 9.44. The van der Waals surface area contributed by atoms with Gasteiger partial charge in [-0.3, -0.25) is 0 Å². The molecule has 5 heteroatoms. The van der Waals surface area contributed by atoms with E-state index >= 15 is 0 Å². The standard InChI is InChI=1S/C61H41BN2O2/c1-60(2,3)37-32-33-50(43(34-37)36-18-5-4-6-19-36)63-56-42-23-10-16-31-53(42)66-59(56)62-54-44(35-45-40-22-9-15-30-52(40)65-58(45)57(54)63)41-24-17-28-49-55(41)64(62)51-29-14-13-27-48(51)61(49)46-25-11-7-20-38(46)39-21-8-12-26-47(39)61/h4-35H,1-3H3. The van der Waals surface area contributed by atoms with Gasteiger partial charge in [0.15, 0.2) is 5.58 Å². The van der Waals surface area contributed by atoms with Gasteiger partial charge in [-0.2, -0.15) is 0 Å². The lowest BCUT2D eigenvalue weighted by Gasteiger charge is -2.51. The smallest absolute Gasteiger partial charge is 0.376 e. The summed E-state index contributed by atoms with van der Waals surface area (Å²) in [4.78, 5) is 5.14. The zero-order valence-corrected chi connectivity index (χ0v) is 36.8. The molecule has 1 aliphatic carbocycles. The predicted octanol–water partition coefficient (Wildman–Crippen LogP) is 14.7. The first kappa shape index (κ1) is 36.3. The molecule has 0 N–H and O–H groups in total. The van der Waals surface area contributed by atoms with Crippen LogP contribution in [0.4, 0.5) is 28.4 Å². The molecule has 9 aromatic carbocycles. The number of anilines is 5. The first-order valence-electron chi connectivity index (χ1n) is 23.1. The van der Waals surface area contributed by atoms with E-state index < -0.39 is 5.41 Å². The lowest BCUT2D eigenvalue weighted by Crippen LogP contribution is -2.62. The van der Waals surface area contributed by atoms with Gasteiger partial charge >= 0.3 is 6.85 Å². The van der Waals surface area contributed by atoms with Crippen molar-refractivity contribution in [2.45, 2.75) is 31.6 Å². The van der Waals surface area contributed by atoms with E-state index in [1.54, 1.807) is 0 Å². The molecule has 2 aromatic heterocycles. The van der Waals surface area contributed by atoms with Crippen LogP contribution in [0.15, 0.2) is 203 Å². The minimum Gasteiger partial charge on any atom is -0.466 e. The largest absolute Gasteiger partial charge is 0.466 e. The number of nitrogens with zero attached hydrogens (tertiary/aromatic N) is 2. The summed E-state index contributed by atoms with van der Waals surface area (Å²) in [5.41, 5.74) is 23.4. The van der Waals surface area contributed by atoms with Crippen molar-refractivity contribution < 1.29 is 8.83 Å². The minimum absolute atomic E-state index is 0.0682. The molecule has 310 valence electrons. The van der Waals surface area contributed by atoms with Crippen molar-refractivity contribution in [3.05, 3.63) is 222 Å². The van der Waals surface area contributed by atoms with Crippen molar-refractivity contribution in [3.63, 3.8) is 0 Å². The molecule has 11 aromatic rings. The van der Waals surface area contributed by atoms with Crippen LogP contribution in [0.5, 0.6) is 0 Å². The maximum absolute atomic E-state index is 7.43. The third-order valence-electron chi connectivity index (χ3n) is 15.2. The number of furan rings is 2. The van der Waals surface area contributed by atoms with Crippen LogP contribution in [-0.4, -0.2) is 6.85 Å². The highest BCUT2D eigenvalue weighted by Gasteiger charge is 2.57. The molecule has 0 atom stereocenters. The van der Waals surface area contributed by atoms with Crippen molar-refractivity contribution in [1.82, 2.24) is 0 Å². The molecular formula is C61H41BN2O2. The summed E-state index contributed by atoms with van der Waals surface area (Å²) in [6, 6.07) is 71.8. The normalized spacial score (nSPS) is 14.6. The van der Waals surface area contributed by atoms with Crippen molar-refractivity contribution in [3.8, 4) is 33.4 Å². The van der Waals surface area contributed by atoms with Crippen LogP contribution in [0.2, 0.25) is 0 Å². The summed E-state index contributed by atoms with van der Waals surface area (Å²) in [5.74, 6) is 0. The Morgan fingerprint density at radius 3 is 1.82 bits per heavy atom. The predicted molar refractivity (Wildman–Crippen MR) is 272 cm³/mol. The number of rotatable bonds is 2. The fraction of sp³-hybridized carbons (Fsp3) is 0.0820. The molecule has 0 unspecified atom stereocenters. The summed E-state index contributed by atoms with van der Waals surface area (Å²) in [7, 11) is 0. The SMILES string of the molecule is CC(C)(C)c1ccc(N2c3c(oc4ccccc34)B3c4c(cc5c(oc6ccccc65)c42)-c2cccc4c2N3c2ccccc2C42c3ccccc3-c3ccccc32)c(-c2ccccc2)c1. The second-order valence-electron chi connectivity index (χ2n) is 19.5. The van der Waals surface area contributed by atoms with Crippen LogP contribution in [-0.2, 0) is 10.8 Å². The Hall–Kier alpha value is -8.02. The average Bonchev–Trinajstić information content (AvgIpc) is 4.02. The van der Waals surface area contributed by atoms with Crippen LogP contribution in [0.1, 0.15) is 48.6 Å². The highest BCUT2D eigenvalue weighted by atomic mass is 16.3. The summed E-state index contributed by atoms with van der Waals surface area (Å²) in [6.07, 6.45) is 0. The molecule has 66 heavy (non-hydrogen) atoms. The van der Waals surface area contributed by atoms with Gasteiger partial charge in [0.1, 0.15) is 16.8 Å². The Labute approximate surface area is 383 Å². The van der Waals surface area contributed by atoms with Crippen molar-refractivity contribution >= 4 is 79.3 Å². The van der Waals surface area contributed by atoms with E-state index in [4.69, 9.17) is 8.83 Å². The monoisotopic (exact) mass is 844 g/mol. The summed E-state index contributed by atoms with van der Waals surface area (Å²) in [5, 5.41) is 3.26. The second kappa shape index (κ2) is 12.6. The molecule has 15 rings (SSSR count). The van der Waals surface area contributed by atoms with Crippen LogP contribution < -0.4 is 20.8 Å². The van der Waals surface area contributed by atoms with E-state index in [1.807, 2.05) is 0 Å². The van der Waals surface area contributed by atoms with Gasteiger partial charge in [0.25, 0.3) is 0 Å². The Morgan fingerprint density at radius 1 is 0.439 bits per heavy atom. The van der Waals surface area contributed by atoms with Crippen molar-refractivity contribution in [1.29, 1.82) is 0 Å². The third-order valence-corrected chi connectivity index (χ3v) is 15.2. The average molecular weight is 845 g/mol. The van der Waals surface area contributed by atoms with Crippen molar-refractivity contribution in [2.24, 2.45) is 0 Å². The van der Waals surface area contributed by atoms with Crippen molar-refractivity contribution in [2.75, 3.05) is 9.71 Å². The Kier molecular flexibility index (Phi) is 6.95. The van der Waals surface area contributed by atoms with E-state index in [0.717, 1.165) is 66.8 Å². The molecular weight excluding hydrogens is 803 g/mol. The van der Waals surface area contributed by atoms with Crippen LogP contribution in [0, 0.1) is 0 Å². The van der Waals surface area contributed by atoms with Gasteiger partial charge in [-0.25, -0.2) is 0 Å². The molecule has 1 spiro atoms. The van der Waals surface area contributed by atoms with Gasteiger partial charge in [0.2, 0.25) is 0 Å². The van der Waals surface area contributed by atoms with E-state index in [-0.39, 0.29) is 12.3 Å². The minimum atomic E-state index is -0.546. The zero-order valence-electron chi connectivity index (χ0n) is 36.8. The zero-order chi connectivity index (χ0) is 43.6. The molecule has 0 saturated carbocycles. The molecule has 4 aliphatic rings. The molecule has 0 bridgehead atoms.